The van der Waals surface area contributed by atoms with E-state index in [0.717, 1.165) is 27.8 Å². The molecular formula is C27H26ClNO4. The van der Waals surface area contributed by atoms with Gasteiger partial charge < -0.3 is 15.2 Å². The van der Waals surface area contributed by atoms with Gasteiger partial charge in [-0.3, -0.25) is 4.79 Å². The fraction of sp³-hybridized carbons (Fsp3) is 0.259. The third-order valence-corrected chi connectivity index (χ3v) is 6.54. The van der Waals surface area contributed by atoms with Gasteiger partial charge in [0, 0.05) is 22.4 Å². The summed E-state index contributed by atoms with van der Waals surface area (Å²) >= 11 is 5.99. The average Bonchev–Trinajstić information content (AvgIpc) is 3.10. The van der Waals surface area contributed by atoms with Crippen molar-refractivity contribution in [1.29, 1.82) is 0 Å². The first-order valence-corrected chi connectivity index (χ1v) is 11.2. The molecule has 0 bridgehead atoms. The van der Waals surface area contributed by atoms with Gasteiger partial charge in [-0.05, 0) is 53.8 Å². The van der Waals surface area contributed by atoms with Crippen LogP contribution >= 0.6 is 11.6 Å². The van der Waals surface area contributed by atoms with Crippen molar-refractivity contribution < 1.29 is 19.4 Å². The van der Waals surface area contributed by atoms with Crippen molar-refractivity contribution in [3.05, 3.63) is 94.5 Å². The van der Waals surface area contributed by atoms with Crippen molar-refractivity contribution in [3.8, 4) is 11.1 Å². The highest BCUT2D eigenvalue weighted by atomic mass is 35.5. The summed E-state index contributed by atoms with van der Waals surface area (Å²) in [6.07, 6.45) is -0.718. The topological polar surface area (TPSA) is 75.6 Å². The molecule has 33 heavy (non-hydrogen) atoms. The van der Waals surface area contributed by atoms with Crippen LogP contribution in [0.15, 0.2) is 72.8 Å². The van der Waals surface area contributed by atoms with Gasteiger partial charge in [-0.1, -0.05) is 72.3 Å². The maximum atomic E-state index is 12.8. The van der Waals surface area contributed by atoms with Crippen LogP contribution in [0.25, 0.3) is 11.1 Å². The van der Waals surface area contributed by atoms with Crippen molar-refractivity contribution in [2.24, 2.45) is 0 Å². The van der Waals surface area contributed by atoms with Crippen molar-refractivity contribution in [3.63, 3.8) is 0 Å². The normalized spacial score (nSPS) is 13.7. The summed E-state index contributed by atoms with van der Waals surface area (Å²) < 4.78 is 5.67. The predicted molar refractivity (Wildman–Crippen MR) is 129 cm³/mol. The highest BCUT2D eigenvalue weighted by Crippen LogP contribution is 2.44. The first kappa shape index (κ1) is 22.9. The van der Waals surface area contributed by atoms with Gasteiger partial charge in [0.25, 0.3) is 0 Å². The number of carbonyl (C=O) groups is 2. The number of hydrogen-bond acceptors (Lipinski definition) is 3. The maximum Gasteiger partial charge on any atom is 0.407 e. The number of amides is 1. The molecule has 0 radical (unpaired) electrons. The van der Waals surface area contributed by atoms with Crippen LogP contribution in [-0.2, 0) is 9.53 Å². The molecule has 5 nitrogen and oxygen atoms in total. The summed E-state index contributed by atoms with van der Waals surface area (Å²) in [6, 6.07) is 23.3. The molecule has 1 amide bonds. The Bertz CT molecular complexity index is 1130. The van der Waals surface area contributed by atoms with Gasteiger partial charge in [-0.15, -0.1) is 0 Å². The van der Waals surface area contributed by atoms with E-state index in [0.29, 0.717) is 5.02 Å². The zero-order valence-corrected chi connectivity index (χ0v) is 19.3. The van der Waals surface area contributed by atoms with Crippen molar-refractivity contribution >= 4 is 23.7 Å². The van der Waals surface area contributed by atoms with E-state index in [1.54, 1.807) is 38.1 Å². The quantitative estimate of drug-likeness (QED) is 0.436. The minimum absolute atomic E-state index is 0.0441. The van der Waals surface area contributed by atoms with Crippen LogP contribution in [-0.4, -0.2) is 29.3 Å². The molecule has 6 heteroatoms. The van der Waals surface area contributed by atoms with Crippen LogP contribution in [0.5, 0.6) is 0 Å². The van der Waals surface area contributed by atoms with Crippen LogP contribution in [0.3, 0.4) is 0 Å². The number of rotatable bonds is 7. The number of carbonyl (C=O) groups excluding carboxylic acids is 1. The molecule has 170 valence electrons. The number of nitrogens with one attached hydrogen (secondary N) is 1. The van der Waals surface area contributed by atoms with Crippen molar-refractivity contribution in [2.45, 2.75) is 37.6 Å². The zero-order valence-electron chi connectivity index (χ0n) is 18.5. The van der Waals surface area contributed by atoms with Crippen LogP contribution in [0.4, 0.5) is 4.79 Å². The van der Waals surface area contributed by atoms with Gasteiger partial charge in [0.2, 0.25) is 0 Å². The Kier molecular flexibility index (Phi) is 6.43. The standard InChI is InChI=1S/C27H26ClNO4/c1-27(2,24(15-25(30)31)17-11-13-18(28)14-12-17)29-26(32)33-16-23-21-9-5-3-7-19(21)20-8-4-6-10-22(20)23/h3-14,23-24H,15-16H2,1-2H3,(H,29,32)(H,30,31). The highest BCUT2D eigenvalue weighted by molar-refractivity contribution is 6.30. The summed E-state index contributed by atoms with van der Waals surface area (Å²) in [5.41, 5.74) is 4.50. The molecule has 0 saturated carbocycles. The smallest absolute Gasteiger partial charge is 0.407 e. The average molecular weight is 464 g/mol. The third-order valence-electron chi connectivity index (χ3n) is 6.29. The molecular weight excluding hydrogens is 438 g/mol. The number of alkyl carbamates (subject to hydrolysis) is 1. The lowest BCUT2D eigenvalue weighted by molar-refractivity contribution is -0.137. The van der Waals surface area contributed by atoms with Gasteiger partial charge >= 0.3 is 12.1 Å². The molecule has 0 fully saturated rings. The Morgan fingerprint density at radius 1 is 0.970 bits per heavy atom. The SMILES string of the molecule is CC(C)(NC(=O)OCC1c2ccccc2-c2ccccc21)C(CC(=O)O)c1ccc(Cl)cc1. The predicted octanol–water partition coefficient (Wildman–Crippen LogP) is 6.22. The molecule has 1 atom stereocenters. The van der Waals surface area contributed by atoms with Crippen LogP contribution in [0, 0.1) is 0 Å². The Labute approximate surface area is 198 Å². The molecule has 4 rings (SSSR count). The molecule has 0 spiro atoms. The number of hydrogen-bond donors (Lipinski definition) is 2. The lowest BCUT2D eigenvalue weighted by Gasteiger charge is -2.34. The Morgan fingerprint density at radius 3 is 2.06 bits per heavy atom. The van der Waals surface area contributed by atoms with Crippen molar-refractivity contribution in [2.75, 3.05) is 6.61 Å². The van der Waals surface area contributed by atoms with Crippen LogP contribution in [0.2, 0.25) is 5.02 Å². The fourth-order valence-electron chi connectivity index (χ4n) is 4.64. The van der Waals surface area contributed by atoms with E-state index < -0.39 is 23.5 Å². The van der Waals surface area contributed by atoms with Gasteiger partial charge in [-0.25, -0.2) is 4.79 Å². The number of halogens is 1. The molecule has 1 aliphatic carbocycles. The fourth-order valence-corrected chi connectivity index (χ4v) is 4.77. The third kappa shape index (κ3) is 4.88. The van der Waals surface area contributed by atoms with E-state index in [2.05, 4.69) is 29.6 Å². The number of aliphatic carboxylic acids is 1. The molecule has 3 aromatic carbocycles. The van der Waals surface area contributed by atoms with Crippen LogP contribution < -0.4 is 5.32 Å². The lowest BCUT2D eigenvalue weighted by atomic mass is 9.79. The number of ether oxygens (including phenoxy) is 1. The Morgan fingerprint density at radius 2 is 1.52 bits per heavy atom. The molecule has 0 aliphatic heterocycles. The summed E-state index contributed by atoms with van der Waals surface area (Å²) in [6.45, 7) is 3.80. The molecule has 2 N–H and O–H groups in total. The molecule has 1 aliphatic rings. The summed E-state index contributed by atoms with van der Waals surface area (Å²) in [5.74, 6) is -1.46. The van der Waals surface area contributed by atoms with E-state index in [4.69, 9.17) is 16.3 Å². The van der Waals surface area contributed by atoms with Crippen LogP contribution in [0.1, 0.15) is 48.8 Å². The number of carboxylic acids is 1. The summed E-state index contributed by atoms with van der Waals surface area (Å²) in [4.78, 5) is 24.4. The molecule has 1 unspecified atom stereocenters. The van der Waals surface area contributed by atoms with E-state index in [9.17, 15) is 14.7 Å². The van der Waals surface area contributed by atoms with E-state index in [1.807, 2.05) is 24.3 Å². The second-order valence-corrected chi connectivity index (χ2v) is 9.31. The lowest BCUT2D eigenvalue weighted by Crippen LogP contribution is -2.49. The minimum Gasteiger partial charge on any atom is -0.481 e. The molecule has 3 aromatic rings. The first-order chi connectivity index (χ1) is 15.8. The van der Waals surface area contributed by atoms with Crippen molar-refractivity contribution in [1.82, 2.24) is 5.32 Å². The maximum absolute atomic E-state index is 12.8. The van der Waals surface area contributed by atoms with Gasteiger partial charge in [0.05, 0.1) is 6.42 Å². The largest absolute Gasteiger partial charge is 0.481 e. The number of carboxylic acid groups (broad SMARTS) is 1. The summed E-state index contributed by atoms with van der Waals surface area (Å²) in [5, 5.41) is 12.9. The number of benzene rings is 3. The second-order valence-electron chi connectivity index (χ2n) is 8.87. The Hall–Kier alpha value is -3.31. The van der Waals surface area contributed by atoms with E-state index >= 15 is 0 Å². The summed E-state index contributed by atoms with van der Waals surface area (Å²) in [7, 11) is 0. The molecule has 0 aromatic heterocycles. The Balaban J connectivity index is 1.48. The minimum atomic E-state index is -0.947. The highest BCUT2D eigenvalue weighted by Gasteiger charge is 2.35. The zero-order chi connectivity index (χ0) is 23.6. The molecule has 0 heterocycles. The second kappa shape index (κ2) is 9.28. The van der Waals surface area contributed by atoms with E-state index in [1.165, 1.54) is 0 Å². The molecule has 0 saturated heterocycles. The van der Waals surface area contributed by atoms with Gasteiger partial charge in [0.1, 0.15) is 6.61 Å². The first-order valence-electron chi connectivity index (χ1n) is 10.9. The van der Waals surface area contributed by atoms with Gasteiger partial charge in [0.15, 0.2) is 0 Å². The van der Waals surface area contributed by atoms with Gasteiger partial charge in [-0.2, -0.15) is 0 Å². The van der Waals surface area contributed by atoms with E-state index in [-0.39, 0.29) is 18.9 Å². The number of fused-ring (bicyclic) bond motifs is 3. The monoisotopic (exact) mass is 463 g/mol.